The molecule has 88 valence electrons. The molecule has 2 N–H and O–H groups in total. The standard InChI is InChI=1S/C14H21NO/c1-10(2)11-5-4-6-12(13(11)16-3)14(9-15)7-8-14/h4-6,10H,7-9,15H2,1-3H3. The molecule has 0 bridgehead atoms. The zero-order valence-corrected chi connectivity index (χ0v) is 10.4. The van der Waals surface area contributed by atoms with Crippen LogP contribution in [-0.4, -0.2) is 13.7 Å². The fourth-order valence-corrected chi connectivity index (χ4v) is 2.39. The van der Waals surface area contributed by atoms with Crippen LogP contribution in [0.4, 0.5) is 0 Å². The average molecular weight is 219 g/mol. The first kappa shape index (κ1) is 11.5. The Bertz CT molecular complexity index is 380. The van der Waals surface area contributed by atoms with Crippen molar-refractivity contribution in [1.29, 1.82) is 0 Å². The summed E-state index contributed by atoms with van der Waals surface area (Å²) in [5.41, 5.74) is 8.70. The van der Waals surface area contributed by atoms with Crippen LogP contribution >= 0.6 is 0 Å². The van der Waals surface area contributed by atoms with Crippen molar-refractivity contribution in [2.45, 2.75) is 38.0 Å². The Hall–Kier alpha value is -1.02. The first-order valence-electron chi connectivity index (χ1n) is 6.02. The summed E-state index contributed by atoms with van der Waals surface area (Å²) in [5, 5.41) is 0. The van der Waals surface area contributed by atoms with Gasteiger partial charge in [0, 0.05) is 17.5 Å². The van der Waals surface area contributed by atoms with Crippen LogP contribution < -0.4 is 10.5 Å². The second-order valence-electron chi connectivity index (χ2n) is 5.07. The second-order valence-corrected chi connectivity index (χ2v) is 5.07. The van der Waals surface area contributed by atoms with Gasteiger partial charge in [-0.1, -0.05) is 32.0 Å². The molecule has 16 heavy (non-hydrogen) atoms. The predicted molar refractivity (Wildman–Crippen MR) is 67.0 cm³/mol. The third kappa shape index (κ3) is 1.71. The van der Waals surface area contributed by atoms with Gasteiger partial charge in [0.1, 0.15) is 5.75 Å². The lowest BCUT2D eigenvalue weighted by Crippen LogP contribution is -2.21. The van der Waals surface area contributed by atoms with Gasteiger partial charge in [-0.2, -0.15) is 0 Å². The van der Waals surface area contributed by atoms with Gasteiger partial charge in [0.05, 0.1) is 7.11 Å². The molecule has 1 aromatic carbocycles. The van der Waals surface area contributed by atoms with Crippen LogP contribution in [0.25, 0.3) is 0 Å². The van der Waals surface area contributed by atoms with E-state index in [1.807, 2.05) is 0 Å². The molecule has 0 unspecified atom stereocenters. The van der Waals surface area contributed by atoms with Gasteiger partial charge in [-0.3, -0.25) is 0 Å². The number of rotatable bonds is 4. The molecule has 1 saturated carbocycles. The van der Waals surface area contributed by atoms with Crippen LogP contribution in [0.2, 0.25) is 0 Å². The SMILES string of the molecule is COc1c(C(C)C)cccc1C1(CN)CC1. The van der Waals surface area contributed by atoms with Gasteiger partial charge in [0.2, 0.25) is 0 Å². The summed E-state index contributed by atoms with van der Waals surface area (Å²) in [6, 6.07) is 6.45. The first-order chi connectivity index (χ1) is 7.64. The van der Waals surface area contributed by atoms with Gasteiger partial charge in [-0.15, -0.1) is 0 Å². The Balaban J connectivity index is 2.49. The van der Waals surface area contributed by atoms with Crippen molar-refractivity contribution in [3.05, 3.63) is 29.3 Å². The molecule has 0 saturated heterocycles. The summed E-state index contributed by atoms with van der Waals surface area (Å²) in [6.45, 7) is 5.12. The van der Waals surface area contributed by atoms with Crippen LogP contribution in [0.1, 0.15) is 43.7 Å². The summed E-state index contributed by atoms with van der Waals surface area (Å²) >= 11 is 0. The summed E-state index contributed by atoms with van der Waals surface area (Å²) < 4.78 is 5.61. The lowest BCUT2D eigenvalue weighted by molar-refractivity contribution is 0.397. The Morgan fingerprint density at radius 3 is 2.50 bits per heavy atom. The highest BCUT2D eigenvalue weighted by molar-refractivity contribution is 5.49. The van der Waals surface area contributed by atoms with E-state index in [-0.39, 0.29) is 5.41 Å². The first-order valence-corrected chi connectivity index (χ1v) is 6.02. The maximum absolute atomic E-state index is 5.90. The summed E-state index contributed by atoms with van der Waals surface area (Å²) in [5.74, 6) is 1.55. The molecule has 0 amide bonds. The maximum Gasteiger partial charge on any atom is 0.126 e. The fraction of sp³-hybridized carbons (Fsp3) is 0.571. The molecule has 2 heteroatoms. The van der Waals surface area contributed by atoms with Crippen molar-refractivity contribution < 1.29 is 4.74 Å². The fourth-order valence-electron chi connectivity index (χ4n) is 2.39. The molecule has 0 aliphatic heterocycles. The third-order valence-electron chi connectivity index (χ3n) is 3.69. The molecule has 0 heterocycles. The quantitative estimate of drug-likeness (QED) is 0.845. The summed E-state index contributed by atoms with van der Waals surface area (Å²) in [4.78, 5) is 0. The van der Waals surface area contributed by atoms with Crippen LogP contribution in [0, 0.1) is 0 Å². The zero-order valence-electron chi connectivity index (χ0n) is 10.4. The van der Waals surface area contributed by atoms with Crippen molar-refractivity contribution in [2.75, 3.05) is 13.7 Å². The van der Waals surface area contributed by atoms with E-state index in [9.17, 15) is 0 Å². The van der Waals surface area contributed by atoms with Crippen LogP contribution in [0.3, 0.4) is 0 Å². The van der Waals surface area contributed by atoms with Gasteiger partial charge >= 0.3 is 0 Å². The molecule has 0 radical (unpaired) electrons. The lowest BCUT2D eigenvalue weighted by atomic mass is 9.90. The monoisotopic (exact) mass is 219 g/mol. The van der Waals surface area contributed by atoms with Crippen LogP contribution in [0.5, 0.6) is 5.75 Å². The molecule has 2 nitrogen and oxygen atoms in total. The smallest absolute Gasteiger partial charge is 0.126 e. The summed E-state index contributed by atoms with van der Waals surface area (Å²) in [6.07, 6.45) is 2.39. The Labute approximate surface area is 97.8 Å². The highest BCUT2D eigenvalue weighted by Crippen LogP contribution is 2.51. The van der Waals surface area contributed by atoms with Gasteiger partial charge < -0.3 is 10.5 Å². The van der Waals surface area contributed by atoms with Gasteiger partial charge in [-0.05, 0) is 24.3 Å². The number of methoxy groups -OCH3 is 1. The van der Waals surface area contributed by atoms with E-state index in [0.29, 0.717) is 5.92 Å². The van der Waals surface area contributed by atoms with Crippen molar-refractivity contribution in [2.24, 2.45) is 5.73 Å². The van der Waals surface area contributed by atoms with Crippen LogP contribution in [-0.2, 0) is 5.41 Å². The molecular formula is C14H21NO. The van der Waals surface area contributed by atoms with Crippen molar-refractivity contribution >= 4 is 0 Å². The van der Waals surface area contributed by atoms with E-state index < -0.39 is 0 Å². The molecule has 1 fully saturated rings. The third-order valence-corrected chi connectivity index (χ3v) is 3.69. The molecular weight excluding hydrogens is 198 g/mol. The van der Waals surface area contributed by atoms with E-state index in [2.05, 4.69) is 32.0 Å². The number of benzene rings is 1. The number of nitrogens with two attached hydrogens (primary N) is 1. The number of ether oxygens (including phenoxy) is 1. The minimum absolute atomic E-state index is 0.205. The Kier molecular flexibility index (Phi) is 2.94. The highest BCUT2D eigenvalue weighted by Gasteiger charge is 2.45. The molecule has 2 rings (SSSR count). The zero-order chi connectivity index (χ0) is 11.8. The minimum Gasteiger partial charge on any atom is -0.496 e. The topological polar surface area (TPSA) is 35.2 Å². The Morgan fingerprint density at radius 2 is 2.06 bits per heavy atom. The predicted octanol–water partition coefficient (Wildman–Crippen LogP) is 2.81. The van der Waals surface area contributed by atoms with E-state index in [1.54, 1.807) is 7.11 Å². The highest BCUT2D eigenvalue weighted by atomic mass is 16.5. The number of hydrogen-bond acceptors (Lipinski definition) is 2. The normalized spacial score (nSPS) is 17.6. The van der Waals surface area contributed by atoms with Crippen molar-refractivity contribution in [3.63, 3.8) is 0 Å². The largest absolute Gasteiger partial charge is 0.496 e. The summed E-state index contributed by atoms with van der Waals surface area (Å²) in [7, 11) is 1.76. The minimum atomic E-state index is 0.205. The van der Waals surface area contributed by atoms with Crippen LogP contribution in [0.15, 0.2) is 18.2 Å². The number of para-hydroxylation sites is 1. The molecule has 0 spiro atoms. The maximum atomic E-state index is 5.90. The van der Waals surface area contributed by atoms with E-state index >= 15 is 0 Å². The molecule has 1 aliphatic rings. The van der Waals surface area contributed by atoms with E-state index in [4.69, 9.17) is 10.5 Å². The van der Waals surface area contributed by atoms with Gasteiger partial charge in [0.15, 0.2) is 0 Å². The average Bonchev–Trinajstić information content (AvgIpc) is 3.08. The Morgan fingerprint density at radius 1 is 1.38 bits per heavy atom. The van der Waals surface area contributed by atoms with E-state index in [1.165, 1.54) is 24.0 Å². The van der Waals surface area contributed by atoms with Gasteiger partial charge in [-0.25, -0.2) is 0 Å². The van der Waals surface area contributed by atoms with Crippen molar-refractivity contribution in [1.82, 2.24) is 0 Å². The van der Waals surface area contributed by atoms with E-state index in [0.717, 1.165) is 12.3 Å². The van der Waals surface area contributed by atoms with Crippen molar-refractivity contribution in [3.8, 4) is 5.75 Å². The van der Waals surface area contributed by atoms with Gasteiger partial charge in [0.25, 0.3) is 0 Å². The molecule has 0 aromatic heterocycles. The molecule has 1 aromatic rings. The molecule has 1 aliphatic carbocycles. The lowest BCUT2D eigenvalue weighted by Gasteiger charge is -2.21. The molecule has 0 atom stereocenters. The second kappa shape index (κ2) is 4.10. The number of hydrogen-bond donors (Lipinski definition) is 1.